The molecule has 0 radical (unpaired) electrons. The fourth-order valence-corrected chi connectivity index (χ4v) is 3.29. The van der Waals surface area contributed by atoms with Gasteiger partial charge in [-0.15, -0.1) is 0 Å². The van der Waals surface area contributed by atoms with Crippen molar-refractivity contribution < 1.29 is 24.5 Å². The Labute approximate surface area is 162 Å². The average Bonchev–Trinajstić information content (AvgIpc) is 2.67. The number of rotatable bonds is 6. The predicted octanol–water partition coefficient (Wildman–Crippen LogP) is 2.48. The van der Waals surface area contributed by atoms with Gasteiger partial charge < -0.3 is 19.7 Å². The van der Waals surface area contributed by atoms with Crippen molar-refractivity contribution in [1.82, 2.24) is 4.98 Å². The third-order valence-electron chi connectivity index (χ3n) is 4.50. The Morgan fingerprint density at radius 1 is 1.33 bits per heavy atom. The summed E-state index contributed by atoms with van der Waals surface area (Å²) in [5.41, 5.74) is 2.67. The van der Waals surface area contributed by atoms with Gasteiger partial charge in [0.15, 0.2) is 5.78 Å². The molecule has 2 heterocycles. The third-order valence-corrected chi connectivity index (χ3v) is 4.87. The molecule has 144 valence electrons. The number of aromatic nitrogens is 1. The molecule has 0 saturated carbocycles. The van der Waals surface area contributed by atoms with Gasteiger partial charge >= 0.3 is 0 Å². The summed E-state index contributed by atoms with van der Waals surface area (Å²) in [6.07, 6.45) is -0.159. The molecule has 1 aromatic heterocycles. The number of aliphatic hydroxyl groups is 2. The van der Waals surface area contributed by atoms with E-state index in [0.29, 0.717) is 23.9 Å². The molecule has 1 aliphatic rings. The number of hydrogen-bond acceptors (Lipinski definition) is 6. The molecule has 3 rings (SSSR count). The summed E-state index contributed by atoms with van der Waals surface area (Å²) in [4.78, 5) is 16.1. The van der Waals surface area contributed by atoms with Crippen LogP contribution < -0.4 is 4.74 Å². The molecule has 2 N–H and O–H groups in total. The maximum atomic E-state index is 11.8. The Morgan fingerprint density at radius 3 is 2.81 bits per heavy atom. The molecular weight excluding hydrogens is 370 g/mol. The van der Waals surface area contributed by atoms with Crippen LogP contribution in [0.3, 0.4) is 0 Å². The minimum Gasteiger partial charge on any atom is -0.478 e. The normalized spacial score (nSPS) is 22.7. The van der Waals surface area contributed by atoms with Crippen molar-refractivity contribution in [3.63, 3.8) is 0 Å². The Hall–Kier alpha value is -1.99. The number of halogens is 1. The maximum Gasteiger partial charge on any atom is 0.213 e. The Kier molecular flexibility index (Phi) is 6.44. The molecule has 0 aliphatic carbocycles. The van der Waals surface area contributed by atoms with Crippen molar-refractivity contribution in [2.24, 2.45) is 0 Å². The summed E-state index contributed by atoms with van der Waals surface area (Å²) in [6.45, 7) is 2.01. The average molecular weight is 392 g/mol. The van der Waals surface area contributed by atoms with E-state index in [0.717, 1.165) is 16.7 Å². The van der Waals surface area contributed by atoms with Gasteiger partial charge in [0, 0.05) is 30.1 Å². The molecule has 6 nitrogen and oxygen atoms in total. The van der Waals surface area contributed by atoms with E-state index in [1.165, 1.54) is 0 Å². The first-order valence-electron chi connectivity index (χ1n) is 8.86. The van der Waals surface area contributed by atoms with Gasteiger partial charge in [0.2, 0.25) is 5.88 Å². The molecule has 3 atom stereocenters. The van der Waals surface area contributed by atoms with Gasteiger partial charge in [-0.05, 0) is 29.7 Å². The van der Waals surface area contributed by atoms with Crippen molar-refractivity contribution >= 4 is 17.4 Å². The Morgan fingerprint density at radius 2 is 2.15 bits per heavy atom. The number of Topliss-reactive ketones (excluding diaryl/α,β-unsaturated/α-hetero) is 1. The first kappa shape index (κ1) is 19.8. The molecule has 3 unspecified atom stereocenters. The first-order valence-corrected chi connectivity index (χ1v) is 9.23. The highest BCUT2D eigenvalue weighted by Gasteiger charge is 2.36. The van der Waals surface area contributed by atoms with Crippen LogP contribution in [0, 0.1) is 0 Å². The highest BCUT2D eigenvalue weighted by atomic mass is 35.5. The molecule has 0 bridgehead atoms. The quantitative estimate of drug-likeness (QED) is 0.786. The molecule has 1 saturated heterocycles. The lowest BCUT2D eigenvalue weighted by molar-refractivity contribution is -0.161. The lowest BCUT2D eigenvalue weighted by atomic mass is 9.93. The largest absolute Gasteiger partial charge is 0.478 e. The van der Waals surface area contributed by atoms with Gasteiger partial charge in [-0.25, -0.2) is 4.98 Å². The van der Waals surface area contributed by atoms with Crippen LogP contribution in [0.1, 0.15) is 36.1 Å². The number of carbonyl (C=O) groups is 1. The molecule has 1 aliphatic heterocycles. The fraction of sp³-hybridized carbons (Fsp3) is 0.400. The summed E-state index contributed by atoms with van der Waals surface area (Å²) in [6, 6.07) is 9.23. The van der Waals surface area contributed by atoms with Crippen molar-refractivity contribution in [2.45, 2.75) is 38.1 Å². The second-order valence-corrected chi connectivity index (χ2v) is 6.82. The number of hydrogen-bond donors (Lipinski definition) is 2. The van der Waals surface area contributed by atoms with Crippen LogP contribution in [0.25, 0.3) is 0 Å². The van der Waals surface area contributed by atoms with Crippen LogP contribution in [0.4, 0.5) is 0 Å². The van der Waals surface area contributed by atoms with Crippen LogP contribution in [0.5, 0.6) is 5.88 Å². The van der Waals surface area contributed by atoms with E-state index < -0.39 is 30.7 Å². The van der Waals surface area contributed by atoms with E-state index in [2.05, 4.69) is 4.98 Å². The van der Waals surface area contributed by atoms with Crippen LogP contribution in [0.2, 0.25) is 5.02 Å². The molecule has 0 amide bonds. The number of pyridine rings is 1. The van der Waals surface area contributed by atoms with Gasteiger partial charge in [-0.1, -0.05) is 29.8 Å². The standard InChI is InChI=1S/C20H22ClNO5/c1-2-26-19-6-3-12(10-22-19)7-14-8-13(4-5-15(14)21)17-9-16(24)20(25)18(11-23)27-17/h3-6,8,10,16-18,23-24H,2,7,9,11H2,1H3. The van der Waals surface area contributed by atoms with Crippen molar-refractivity contribution in [1.29, 1.82) is 0 Å². The van der Waals surface area contributed by atoms with E-state index in [-0.39, 0.29) is 6.42 Å². The number of nitrogens with zero attached hydrogens (tertiary/aromatic N) is 1. The number of ether oxygens (including phenoxy) is 2. The predicted molar refractivity (Wildman–Crippen MR) is 100.0 cm³/mol. The number of carbonyl (C=O) groups excluding carboxylic acids is 1. The van der Waals surface area contributed by atoms with Gasteiger partial charge in [0.1, 0.15) is 12.2 Å². The lowest BCUT2D eigenvalue weighted by Gasteiger charge is -2.31. The maximum absolute atomic E-state index is 11.8. The highest BCUT2D eigenvalue weighted by molar-refractivity contribution is 6.31. The summed E-state index contributed by atoms with van der Waals surface area (Å²) >= 11 is 6.34. The van der Waals surface area contributed by atoms with Crippen molar-refractivity contribution in [2.75, 3.05) is 13.2 Å². The topological polar surface area (TPSA) is 88.9 Å². The highest BCUT2D eigenvalue weighted by Crippen LogP contribution is 2.32. The smallest absolute Gasteiger partial charge is 0.213 e. The second-order valence-electron chi connectivity index (χ2n) is 6.42. The molecule has 1 aromatic carbocycles. The van der Waals surface area contributed by atoms with Crippen LogP contribution in [-0.4, -0.2) is 46.4 Å². The van der Waals surface area contributed by atoms with E-state index in [4.69, 9.17) is 21.1 Å². The summed E-state index contributed by atoms with van der Waals surface area (Å²) in [5, 5.41) is 19.9. The minimum absolute atomic E-state index is 0.154. The fourth-order valence-electron chi connectivity index (χ4n) is 3.10. The zero-order valence-corrected chi connectivity index (χ0v) is 15.7. The molecule has 7 heteroatoms. The molecule has 0 spiro atoms. The minimum atomic E-state index is -1.14. The first-order chi connectivity index (χ1) is 13.0. The summed E-state index contributed by atoms with van der Waals surface area (Å²) in [7, 11) is 0. The van der Waals surface area contributed by atoms with Crippen molar-refractivity contribution in [3.8, 4) is 5.88 Å². The van der Waals surface area contributed by atoms with E-state index in [9.17, 15) is 15.0 Å². The van der Waals surface area contributed by atoms with Gasteiger partial charge in [-0.2, -0.15) is 0 Å². The summed E-state index contributed by atoms with van der Waals surface area (Å²) < 4.78 is 11.0. The van der Waals surface area contributed by atoms with Gasteiger partial charge in [0.05, 0.1) is 19.3 Å². The van der Waals surface area contributed by atoms with E-state index in [1.54, 1.807) is 12.3 Å². The van der Waals surface area contributed by atoms with Crippen LogP contribution in [0.15, 0.2) is 36.5 Å². The van der Waals surface area contributed by atoms with Crippen LogP contribution in [-0.2, 0) is 16.0 Å². The SMILES string of the molecule is CCOc1ccc(Cc2cc(C3CC(O)C(=O)C(CO)O3)ccc2Cl)cn1. The monoisotopic (exact) mass is 391 g/mol. The second kappa shape index (κ2) is 8.80. The van der Waals surface area contributed by atoms with E-state index in [1.807, 2.05) is 31.2 Å². The molecule has 2 aromatic rings. The van der Waals surface area contributed by atoms with Crippen molar-refractivity contribution in [3.05, 3.63) is 58.2 Å². The summed E-state index contributed by atoms with van der Waals surface area (Å²) in [5.74, 6) is 0.0915. The van der Waals surface area contributed by atoms with Crippen LogP contribution >= 0.6 is 11.6 Å². The van der Waals surface area contributed by atoms with E-state index >= 15 is 0 Å². The number of benzene rings is 1. The van der Waals surface area contributed by atoms with Gasteiger partial charge in [-0.3, -0.25) is 4.79 Å². The number of ketones is 1. The Bertz CT molecular complexity index is 795. The Balaban J connectivity index is 1.79. The zero-order valence-electron chi connectivity index (χ0n) is 15.0. The molecular formula is C20H22ClNO5. The molecule has 1 fully saturated rings. The third kappa shape index (κ3) is 4.65. The number of aliphatic hydroxyl groups excluding tert-OH is 2. The zero-order chi connectivity index (χ0) is 19.4. The van der Waals surface area contributed by atoms with Gasteiger partial charge in [0.25, 0.3) is 0 Å². The molecule has 27 heavy (non-hydrogen) atoms. The lowest BCUT2D eigenvalue weighted by Crippen LogP contribution is -2.43.